The molecule has 2 aromatic carbocycles. The maximum absolute atomic E-state index is 11.8. The largest absolute Gasteiger partial charge is 0.490 e. The number of hydrogen-bond donors (Lipinski definition) is 1. The molecule has 2 aliphatic rings. The fraction of sp³-hybridized carbons (Fsp3) is 0.429. The van der Waals surface area contributed by atoms with Gasteiger partial charge in [-0.05, 0) is 74.2 Å². The Morgan fingerprint density at radius 2 is 1.88 bits per heavy atom. The van der Waals surface area contributed by atoms with Crippen molar-refractivity contribution < 1.29 is 14.6 Å². The molecule has 0 spiro atoms. The molecule has 2 unspecified atom stereocenters. The second kappa shape index (κ2) is 10.0. The van der Waals surface area contributed by atoms with Crippen LogP contribution in [0.4, 0.5) is 4.79 Å². The van der Waals surface area contributed by atoms with Crippen LogP contribution in [0.3, 0.4) is 0 Å². The highest BCUT2D eigenvalue weighted by atomic mass is 16.5. The molecule has 2 aliphatic heterocycles. The SMILES string of the molecule is Cc1c(-c2ccc(OC3CCN(C(=O)O)C(CCN4CCCC4)C3)cc2)ccc2cccnc12. The Bertz CT molecular complexity index is 1140. The first-order chi connectivity index (χ1) is 16.6. The maximum atomic E-state index is 11.8. The van der Waals surface area contributed by atoms with E-state index in [1.807, 2.05) is 24.4 Å². The van der Waals surface area contributed by atoms with Crippen LogP contribution in [0, 0.1) is 6.92 Å². The summed E-state index contributed by atoms with van der Waals surface area (Å²) >= 11 is 0. The topological polar surface area (TPSA) is 65.9 Å². The number of nitrogens with zero attached hydrogens (tertiary/aromatic N) is 3. The Balaban J connectivity index is 1.25. The third-order valence-corrected chi connectivity index (χ3v) is 7.39. The Hall–Kier alpha value is -3.12. The number of aromatic nitrogens is 1. The molecule has 178 valence electrons. The van der Waals surface area contributed by atoms with Crippen LogP contribution in [0.2, 0.25) is 0 Å². The number of ether oxygens (including phenoxy) is 1. The molecule has 5 rings (SSSR count). The first kappa shape index (κ1) is 22.7. The molecule has 1 amide bonds. The number of aryl methyl sites for hydroxylation is 1. The van der Waals surface area contributed by atoms with Crippen molar-refractivity contribution in [1.82, 2.24) is 14.8 Å². The molecule has 2 fully saturated rings. The lowest BCUT2D eigenvalue weighted by atomic mass is 9.96. The Kier molecular flexibility index (Phi) is 6.68. The normalized spacial score (nSPS) is 21.1. The van der Waals surface area contributed by atoms with Crippen LogP contribution in [-0.4, -0.2) is 64.3 Å². The van der Waals surface area contributed by atoms with Gasteiger partial charge in [0.05, 0.1) is 5.52 Å². The average Bonchev–Trinajstić information content (AvgIpc) is 3.38. The van der Waals surface area contributed by atoms with E-state index in [0.717, 1.165) is 61.1 Å². The molecule has 0 aliphatic carbocycles. The van der Waals surface area contributed by atoms with Crippen LogP contribution < -0.4 is 4.74 Å². The van der Waals surface area contributed by atoms with Gasteiger partial charge in [-0.1, -0.05) is 30.3 Å². The summed E-state index contributed by atoms with van der Waals surface area (Å²) in [5.74, 6) is 0.840. The average molecular weight is 460 g/mol. The van der Waals surface area contributed by atoms with E-state index in [4.69, 9.17) is 4.74 Å². The molecule has 6 heteroatoms. The molecular weight excluding hydrogens is 426 g/mol. The van der Waals surface area contributed by atoms with Crippen molar-refractivity contribution in [2.45, 2.75) is 51.2 Å². The number of piperidine rings is 1. The van der Waals surface area contributed by atoms with E-state index in [9.17, 15) is 9.90 Å². The summed E-state index contributed by atoms with van der Waals surface area (Å²) < 4.78 is 6.33. The van der Waals surface area contributed by atoms with Crippen LogP contribution in [0.15, 0.2) is 54.7 Å². The van der Waals surface area contributed by atoms with Gasteiger partial charge < -0.3 is 19.6 Å². The quantitative estimate of drug-likeness (QED) is 0.521. The summed E-state index contributed by atoms with van der Waals surface area (Å²) in [6, 6.07) is 16.6. The summed E-state index contributed by atoms with van der Waals surface area (Å²) in [6.45, 7) is 5.90. The lowest BCUT2D eigenvalue weighted by molar-refractivity contribution is 0.0483. The van der Waals surface area contributed by atoms with Crippen molar-refractivity contribution in [1.29, 1.82) is 0 Å². The van der Waals surface area contributed by atoms with Gasteiger partial charge >= 0.3 is 6.09 Å². The van der Waals surface area contributed by atoms with E-state index >= 15 is 0 Å². The number of hydrogen-bond acceptors (Lipinski definition) is 4. The van der Waals surface area contributed by atoms with E-state index in [2.05, 4.69) is 47.1 Å². The second-order valence-electron chi connectivity index (χ2n) is 9.57. The predicted octanol–water partition coefficient (Wildman–Crippen LogP) is 5.59. The highest BCUT2D eigenvalue weighted by Crippen LogP contribution is 2.31. The number of amides is 1. The van der Waals surface area contributed by atoms with Gasteiger partial charge in [0.1, 0.15) is 11.9 Å². The number of pyridine rings is 1. The standard InChI is InChI=1S/C28H33N3O3/c1-20-26(11-8-22-5-4-14-29-27(20)22)21-6-9-24(10-7-21)34-25-13-18-31(28(32)33)23(19-25)12-17-30-15-2-3-16-30/h4-11,14,23,25H,2-3,12-13,15-19H2,1H3,(H,32,33). The Morgan fingerprint density at radius 3 is 2.65 bits per heavy atom. The number of carboxylic acid groups (broad SMARTS) is 1. The van der Waals surface area contributed by atoms with Gasteiger partial charge in [-0.3, -0.25) is 4.98 Å². The molecule has 34 heavy (non-hydrogen) atoms. The van der Waals surface area contributed by atoms with Crippen molar-refractivity contribution in [3.05, 3.63) is 60.3 Å². The van der Waals surface area contributed by atoms with Gasteiger partial charge in [0.25, 0.3) is 0 Å². The molecule has 0 radical (unpaired) electrons. The van der Waals surface area contributed by atoms with Gasteiger partial charge in [0, 0.05) is 43.6 Å². The lowest BCUT2D eigenvalue weighted by Crippen LogP contribution is -2.49. The summed E-state index contributed by atoms with van der Waals surface area (Å²) in [4.78, 5) is 20.4. The number of likely N-dealkylation sites (tertiary alicyclic amines) is 2. The van der Waals surface area contributed by atoms with Crippen molar-refractivity contribution in [3.8, 4) is 16.9 Å². The van der Waals surface area contributed by atoms with Gasteiger partial charge in [-0.2, -0.15) is 0 Å². The van der Waals surface area contributed by atoms with Gasteiger partial charge in [0.15, 0.2) is 0 Å². The van der Waals surface area contributed by atoms with Gasteiger partial charge in [-0.25, -0.2) is 4.79 Å². The van der Waals surface area contributed by atoms with Crippen LogP contribution in [-0.2, 0) is 0 Å². The first-order valence-corrected chi connectivity index (χ1v) is 12.4. The monoisotopic (exact) mass is 459 g/mol. The second-order valence-corrected chi connectivity index (χ2v) is 9.57. The molecule has 3 aromatic rings. The first-order valence-electron chi connectivity index (χ1n) is 12.4. The highest BCUT2D eigenvalue weighted by Gasteiger charge is 2.33. The number of benzene rings is 2. The number of rotatable bonds is 6. The van der Waals surface area contributed by atoms with Crippen molar-refractivity contribution in [2.75, 3.05) is 26.2 Å². The van der Waals surface area contributed by atoms with Crippen molar-refractivity contribution in [3.63, 3.8) is 0 Å². The van der Waals surface area contributed by atoms with E-state index in [1.165, 1.54) is 24.0 Å². The van der Waals surface area contributed by atoms with E-state index < -0.39 is 6.09 Å². The minimum absolute atomic E-state index is 0.0175. The van der Waals surface area contributed by atoms with Crippen molar-refractivity contribution in [2.24, 2.45) is 0 Å². The third-order valence-electron chi connectivity index (χ3n) is 7.39. The fourth-order valence-corrected chi connectivity index (χ4v) is 5.49. The van der Waals surface area contributed by atoms with Crippen LogP contribution in [0.25, 0.3) is 22.0 Å². The molecule has 0 saturated carbocycles. The summed E-state index contributed by atoms with van der Waals surface area (Å²) in [7, 11) is 0. The van der Waals surface area contributed by atoms with Crippen LogP contribution >= 0.6 is 0 Å². The zero-order valence-electron chi connectivity index (χ0n) is 19.8. The minimum atomic E-state index is -0.811. The van der Waals surface area contributed by atoms with Gasteiger partial charge in [-0.15, -0.1) is 0 Å². The Labute approximate surface area is 201 Å². The number of carbonyl (C=O) groups is 1. The molecular formula is C28H33N3O3. The summed E-state index contributed by atoms with van der Waals surface area (Å²) in [5.41, 5.74) is 4.52. The van der Waals surface area contributed by atoms with E-state index in [0.29, 0.717) is 6.54 Å². The fourth-order valence-electron chi connectivity index (χ4n) is 5.49. The minimum Gasteiger partial charge on any atom is -0.490 e. The summed E-state index contributed by atoms with van der Waals surface area (Å²) in [5, 5.41) is 10.8. The lowest BCUT2D eigenvalue weighted by Gasteiger charge is -2.38. The zero-order valence-corrected chi connectivity index (χ0v) is 19.8. The molecule has 0 bridgehead atoms. The molecule has 2 atom stereocenters. The van der Waals surface area contributed by atoms with E-state index in [-0.39, 0.29) is 12.1 Å². The highest BCUT2D eigenvalue weighted by molar-refractivity contribution is 5.88. The molecule has 6 nitrogen and oxygen atoms in total. The maximum Gasteiger partial charge on any atom is 0.407 e. The molecule has 1 aromatic heterocycles. The van der Waals surface area contributed by atoms with Gasteiger partial charge in [0.2, 0.25) is 0 Å². The van der Waals surface area contributed by atoms with Crippen LogP contribution in [0.5, 0.6) is 5.75 Å². The zero-order chi connectivity index (χ0) is 23.5. The third kappa shape index (κ3) is 4.87. The predicted molar refractivity (Wildman–Crippen MR) is 134 cm³/mol. The van der Waals surface area contributed by atoms with Crippen LogP contribution in [0.1, 0.15) is 37.7 Å². The summed E-state index contributed by atoms with van der Waals surface area (Å²) in [6.07, 6.45) is 5.92. The molecule has 3 heterocycles. The Morgan fingerprint density at radius 1 is 1.09 bits per heavy atom. The molecule has 1 N–H and O–H groups in total. The molecule has 2 saturated heterocycles. The van der Waals surface area contributed by atoms with Crippen molar-refractivity contribution >= 4 is 17.0 Å². The van der Waals surface area contributed by atoms with E-state index in [1.54, 1.807) is 4.90 Å². The smallest absolute Gasteiger partial charge is 0.407 e. The number of fused-ring (bicyclic) bond motifs is 1.